The minimum Gasteiger partial charge on any atom is -0.0937 e. The van der Waals surface area contributed by atoms with E-state index in [0.717, 1.165) is 17.8 Å². The zero-order chi connectivity index (χ0) is 12.5. The number of fused-ring (bicyclic) bond motifs is 1. The second-order valence-corrected chi connectivity index (χ2v) is 6.56. The quantitative estimate of drug-likeness (QED) is 0.384. The summed E-state index contributed by atoms with van der Waals surface area (Å²) in [6.07, 6.45) is 6.92. The van der Waals surface area contributed by atoms with E-state index in [1.54, 1.807) is 0 Å². The molecule has 0 radical (unpaired) electrons. The predicted octanol–water partition coefficient (Wildman–Crippen LogP) is 4.79. The van der Waals surface area contributed by atoms with Crippen LogP contribution in [0.4, 0.5) is 0 Å². The minimum absolute atomic E-state index is 0.516. The molecule has 0 amide bonds. The topological polar surface area (TPSA) is 48.8 Å². The van der Waals surface area contributed by atoms with Crippen LogP contribution in [-0.2, 0) is 0 Å². The van der Waals surface area contributed by atoms with Crippen LogP contribution < -0.4 is 0 Å². The van der Waals surface area contributed by atoms with Gasteiger partial charge in [-0.2, -0.15) is 0 Å². The zero-order valence-electron chi connectivity index (χ0n) is 11.4. The van der Waals surface area contributed by atoms with E-state index < -0.39 is 0 Å². The van der Waals surface area contributed by atoms with E-state index in [0.29, 0.717) is 17.9 Å². The maximum atomic E-state index is 8.45. The van der Waals surface area contributed by atoms with Gasteiger partial charge >= 0.3 is 0 Å². The van der Waals surface area contributed by atoms with Crippen molar-refractivity contribution >= 4 is 0 Å². The van der Waals surface area contributed by atoms with Crippen LogP contribution >= 0.6 is 0 Å². The van der Waals surface area contributed by atoms with Crippen molar-refractivity contribution in [2.75, 3.05) is 6.54 Å². The van der Waals surface area contributed by atoms with Gasteiger partial charge < -0.3 is 0 Å². The Morgan fingerprint density at radius 3 is 2.88 bits per heavy atom. The molecule has 0 spiro atoms. The summed E-state index contributed by atoms with van der Waals surface area (Å²) in [6, 6.07) is 0. The first-order valence-electron chi connectivity index (χ1n) is 7.10. The van der Waals surface area contributed by atoms with Crippen molar-refractivity contribution in [1.29, 1.82) is 0 Å². The van der Waals surface area contributed by atoms with Gasteiger partial charge in [-0.25, -0.2) is 0 Å². The van der Waals surface area contributed by atoms with Crippen molar-refractivity contribution in [3.8, 4) is 0 Å². The summed E-state index contributed by atoms with van der Waals surface area (Å²) >= 11 is 0. The van der Waals surface area contributed by atoms with Crippen molar-refractivity contribution in [1.82, 2.24) is 0 Å². The molecule has 5 atom stereocenters. The lowest BCUT2D eigenvalue weighted by Crippen LogP contribution is -2.38. The van der Waals surface area contributed by atoms with Gasteiger partial charge in [0, 0.05) is 11.5 Å². The third-order valence-electron chi connectivity index (χ3n) is 5.66. The molecular formula is C14H25N3. The maximum Gasteiger partial charge on any atom is 0.0286 e. The molecule has 0 aromatic rings. The molecule has 0 aromatic carbocycles. The number of hydrogen-bond donors (Lipinski definition) is 0. The van der Waals surface area contributed by atoms with Gasteiger partial charge in [0.15, 0.2) is 0 Å². The van der Waals surface area contributed by atoms with Crippen molar-refractivity contribution in [3.05, 3.63) is 10.4 Å². The third-order valence-corrected chi connectivity index (χ3v) is 5.66. The highest BCUT2D eigenvalue weighted by atomic mass is 15.1. The Bertz CT molecular complexity index is 321. The molecule has 0 N–H and O–H groups in total. The van der Waals surface area contributed by atoms with E-state index >= 15 is 0 Å². The van der Waals surface area contributed by atoms with Gasteiger partial charge in [0.2, 0.25) is 0 Å². The van der Waals surface area contributed by atoms with Crippen LogP contribution in [0.25, 0.3) is 10.4 Å². The van der Waals surface area contributed by atoms with Crippen LogP contribution in [0.2, 0.25) is 0 Å². The van der Waals surface area contributed by atoms with Crippen LogP contribution in [0, 0.1) is 29.1 Å². The first-order chi connectivity index (χ1) is 8.09. The van der Waals surface area contributed by atoms with E-state index in [4.69, 9.17) is 5.53 Å². The second kappa shape index (κ2) is 4.89. The van der Waals surface area contributed by atoms with Crippen molar-refractivity contribution in [2.45, 2.75) is 52.9 Å². The van der Waals surface area contributed by atoms with Gasteiger partial charge in [-0.15, -0.1) is 0 Å². The Morgan fingerprint density at radius 1 is 1.41 bits per heavy atom. The van der Waals surface area contributed by atoms with E-state index in [-0.39, 0.29) is 0 Å². The zero-order valence-corrected chi connectivity index (χ0v) is 11.4. The van der Waals surface area contributed by atoms with Gasteiger partial charge in [0.1, 0.15) is 0 Å². The normalized spacial score (nSPS) is 42.6. The van der Waals surface area contributed by atoms with E-state index in [1.165, 1.54) is 32.1 Å². The fraction of sp³-hybridized carbons (Fsp3) is 1.00. The van der Waals surface area contributed by atoms with Crippen LogP contribution in [0.1, 0.15) is 52.9 Å². The second-order valence-electron chi connectivity index (χ2n) is 6.56. The first-order valence-corrected chi connectivity index (χ1v) is 7.10. The Hall–Kier alpha value is -0.690. The molecule has 0 bridgehead atoms. The minimum atomic E-state index is 0.516. The Morgan fingerprint density at radius 2 is 2.18 bits per heavy atom. The summed E-state index contributed by atoms with van der Waals surface area (Å²) in [4.78, 5) is 2.91. The lowest BCUT2D eigenvalue weighted by molar-refractivity contribution is 0.0386. The number of hydrogen-bond acceptors (Lipinski definition) is 1. The average Bonchev–Trinajstić information content (AvgIpc) is 2.64. The number of azide groups is 1. The maximum absolute atomic E-state index is 8.45. The predicted molar refractivity (Wildman–Crippen MR) is 70.5 cm³/mol. The number of rotatable bonds is 3. The molecule has 0 heterocycles. The molecule has 0 aromatic heterocycles. The van der Waals surface area contributed by atoms with E-state index in [9.17, 15) is 0 Å². The van der Waals surface area contributed by atoms with Gasteiger partial charge in [-0.3, -0.25) is 0 Å². The Kier molecular flexibility index (Phi) is 3.67. The SMILES string of the molecule is C[C@H](CN=[N+]=[N-])C1CCC2[C@@H](C)CCC[C@]12C. The van der Waals surface area contributed by atoms with Gasteiger partial charge in [0.05, 0.1) is 0 Å². The van der Waals surface area contributed by atoms with E-state index in [1.807, 2.05) is 0 Å². The molecule has 3 nitrogen and oxygen atoms in total. The van der Waals surface area contributed by atoms with Crippen molar-refractivity contribution in [3.63, 3.8) is 0 Å². The Labute approximate surface area is 105 Å². The smallest absolute Gasteiger partial charge is 0.0286 e. The highest BCUT2D eigenvalue weighted by Gasteiger charge is 2.50. The Balaban J connectivity index is 2.12. The van der Waals surface area contributed by atoms with Crippen LogP contribution in [0.3, 0.4) is 0 Å². The third kappa shape index (κ3) is 2.18. The molecule has 2 aliphatic rings. The van der Waals surface area contributed by atoms with Gasteiger partial charge in [-0.1, -0.05) is 38.7 Å². The summed E-state index contributed by atoms with van der Waals surface area (Å²) in [5.41, 5.74) is 8.97. The lowest BCUT2D eigenvalue weighted by Gasteiger charge is -2.45. The standard InChI is InChI=1S/C14H25N3/c1-10-5-4-8-14(3)12(10)6-7-13(14)11(2)9-16-17-15/h10-13H,4-9H2,1-3H3/t10-,11+,12?,13?,14-/m0/s1. The monoisotopic (exact) mass is 235 g/mol. The molecule has 2 fully saturated rings. The molecular weight excluding hydrogens is 210 g/mol. The fourth-order valence-electron chi connectivity index (χ4n) is 4.83. The molecule has 17 heavy (non-hydrogen) atoms. The summed E-state index contributed by atoms with van der Waals surface area (Å²) in [5, 5.41) is 3.78. The lowest BCUT2D eigenvalue weighted by atomic mass is 9.60. The largest absolute Gasteiger partial charge is 0.0937 e. The molecule has 3 heteroatoms. The van der Waals surface area contributed by atoms with Crippen molar-refractivity contribution in [2.24, 2.45) is 34.2 Å². The van der Waals surface area contributed by atoms with E-state index in [2.05, 4.69) is 30.8 Å². The van der Waals surface area contributed by atoms with Crippen LogP contribution in [0.15, 0.2) is 5.11 Å². The molecule has 2 unspecified atom stereocenters. The van der Waals surface area contributed by atoms with Gasteiger partial charge in [0.25, 0.3) is 0 Å². The molecule has 0 aliphatic heterocycles. The molecule has 96 valence electrons. The van der Waals surface area contributed by atoms with Crippen LogP contribution in [-0.4, -0.2) is 6.54 Å². The summed E-state index contributed by atoms with van der Waals surface area (Å²) in [6.45, 7) is 7.88. The fourth-order valence-corrected chi connectivity index (χ4v) is 4.83. The highest BCUT2D eigenvalue weighted by Crippen LogP contribution is 2.59. The first kappa shape index (κ1) is 12.8. The van der Waals surface area contributed by atoms with Crippen LogP contribution in [0.5, 0.6) is 0 Å². The summed E-state index contributed by atoms with van der Waals surface area (Å²) < 4.78 is 0. The average molecular weight is 235 g/mol. The van der Waals surface area contributed by atoms with Crippen molar-refractivity contribution < 1.29 is 0 Å². The summed E-state index contributed by atoms with van der Waals surface area (Å²) in [7, 11) is 0. The molecule has 0 saturated heterocycles. The molecule has 2 rings (SSSR count). The highest BCUT2D eigenvalue weighted by molar-refractivity contribution is 5.00. The molecule has 2 saturated carbocycles. The number of nitrogens with zero attached hydrogens (tertiary/aromatic N) is 3. The van der Waals surface area contributed by atoms with Gasteiger partial charge in [-0.05, 0) is 53.9 Å². The molecule has 2 aliphatic carbocycles. The summed E-state index contributed by atoms with van der Waals surface area (Å²) in [5.74, 6) is 3.12.